The third kappa shape index (κ3) is 5.36. The van der Waals surface area contributed by atoms with Gasteiger partial charge in [0.25, 0.3) is 5.91 Å². The molecule has 4 nitrogen and oxygen atoms in total. The van der Waals surface area contributed by atoms with E-state index in [0.29, 0.717) is 29.7 Å². The first-order chi connectivity index (χ1) is 10.9. The molecule has 0 bridgehead atoms. The number of amides is 1. The van der Waals surface area contributed by atoms with Crippen LogP contribution in [0.5, 0.6) is 0 Å². The van der Waals surface area contributed by atoms with Gasteiger partial charge in [0.15, 0.2) is 10.7 Å². The number of carbonyl (C=O) groups excluding carboxylic acids is 1. The lowest BCUT2D eigenvalue weighted by atomic mass is 9.94. The second-order valence-corrected chi connectivity index (χ2v) is 7.73. The van der Waals surface area contributed by atoms with E-state index >= 15 is 0 Å². The number of hydrogen-bond acceptors (Lipinski definition) is 4. The van der Waals surface area contributed by atoms with E-state index in [1.807, 2.05) is 30.5 Å². The number of nitrogens with one attached hydrogen (secondary N) is 1. The Bertz CT molecular complexity index is 583. The zero-order valence-corrected chi connectivity index (χ0v) is 15.3. The van der Waals surface area contributed by atoms with Crippen molar-refractivity contribution < 1.29 is 9.53 Å². The largest absolute Gasteiger partial charge is 0.478 e. The number of aromatic nitrogens is 1. The predicted molar refractivity (Wildman–Crippen MR) is 95.8 cm³/mol. The van der Waals surface area contributed by atoms with E-state index in [1.165, 1.54) is 11.3 Å². The Morgan fingerprint density at radius 2 is 2.39 bits per heavy atom. The lowest BCUT2D eigenvalue weighted by Gasteiger charge is -2.31. The predicted octanol–water partition coefficient (Wildman–Crippen LogP) is 4.74. The summed E-state index contributed by atoms with van der Waals surface area (Å²) in [6.07, 6.45) is 9.57. The molecule has 0 saturated heterocycles. The van der Waals surface area contributed by atoms with Crippen molar-refractivity contribution in [2.24, 2.45) is 5.92 Å². The average molecular weight is 355 g/mol. The highest BCUT2D eigenvalue weighted by molar-refractivity contribution is 7.13. The molecule has 1 aliphatic rings. The van der Waals surface area contributed by atoms with Crippen molar-refractivity contribution in [1.82, 2.24) is 4.98 Å². The molecule has 126 valence electrons. The average Bonchev–Trinajstić information content (AvgIpc) is 3.00. The minimum atomic E-state index is -0.939. The Balaban J connectivity index is 2.10. The molecule has 1 amide bonds. The van der Waals surface area contributed by atoms with E-state index in [-0.39, 0.29) is 11.3 Å². The summed E-state index contributed by atoms with van der Waals surface area (Å²) in [4.78, 5) is 16.8. The van der Waals surface area contributed by atoms with Crippen LogP contribution in [0, 0.1) is 5.92 Å². The topological polar surface area (TPSA) is 51.2 Å². The first-order valence-electron chi connectivity index (χ1n) is 7.81. The molecule has 1 aromatic rings. The van der Waals surface area contributed by atoms with Crippen molar-refractivity contribution in [3.05, 3.63) is 35.6 Å². The number of halogens is 1. The fourth-order valence-corrected chi connectivity index (χ4v) is 2.89. The van der Waals surface area contributed by atoms with Gasteiger partial charge < -0.3 is 4.74 Å². The summed E-state index contributed by atoms with van der Waals surface area (Å²) < 4.78 is 6.07. The van der Waals surface area contributed by atoms with E-state index in [0.717, 1.165) is 6.42 Å². The number of hydrogen-bond donors (Lipinski definition) is 1. The van der Waals surface area contributed by atoms with Crippen LogP contribution >= 0.6 is 22.9 Å². The van der Waals surface area contributed by atoms with Gasteiger partial charge in [0.05, 0.1) is 5.38 Å². The summed E-state index contributed by atoms with van der Waals surface area (Å²) in [6.45, 7) is 6.10. The summed E-state index contributed by atoms with van der Waals surface area (Å²) in [6, 6.07) is 0. The first kappa shape index (κ1) is 18.0. The molecular weight excluding hydrogens is 332 g/mol. The lowest BCUT2D eigenvalue weighted by molar-refractivity contribution is -0.135. The van der Waals surface area contributed by atoms with Crippen molar-refractivity contribution in [3.63, 3.8) is 0 Å². The molecule has 0 saturated carbocycles. The number of allylic oxidation sites excluding steroid dienone is 3. The number of thiazole rings is 1. The van der Waals surface area contributed by atoms with Gasteiger partial charge in [-0.15, -0.1) is 22.9 Å². The fraction of sp³-hybridized carbons (Fsp3) is 0.529. The molecule has 1 aromatic heterocycles. The molecule has 2 unspecified atom stereocenters. The third-order valence-corrected chi connectivity index (χ3v) is 4.70. The molecule has 2 atom stereocenters. The Labute approximate surface area is 146 Å². The standard InChI is InChI=1S/C17H23ClN2O2S/c1-12(2)8-9-17(3,15(21)20-16-19-10-11-23-16)22-14-6-4-13(18)5-7-14/h4,6-7,10-13H,5,8-9H2,1-3H3,(H,19,20,21). The summed E-state index contributed by atoms with van der Waals surface area (Å²) in [7, 11) is 0. The SMILES string of the molecule is CC(C)CCC(C)(OC1=CCC(Cl)C=C1)C(=O)Nc1nccs1. The van der Waals surface area contributed by atoms with Crippen LogP contribution in [0.3, 0.4) is 0 Å². The van der Waals surface area contributed by atoms with Crippen molar-refractivity contribution in [3.8, 4) is 0 Å². The summed E-state index contributed by atoms with van der Waals surface area (Å²) >= 11 is 7.43. The smallest absolute Gasteiger partial charge is 0.270 e. The second-order valence-electron chi connectivity index (χ2n) is 6.27. The molecule has 6 heteroatoms. The highest BCUT2D eigenvalue weighted by atomic mass is 35.5. The zero-order valence-electron chi connectivity index (χ0n) is 13.7. The van der Waals surface area contributed by atoms with Gasteiger partial charge in [-0.25, -0.2) is 4.98 Å². The highest BCUT2D eigenvalue weighted by Crippen LogP contribution is 2.28. The van der Waals surface area contributed by atoms with Gasteiger partial charge in [0, 0.05) is 11.6 Å². The Kier molecular flexibility index (Phi) is 6.25. The normalized spacial score (nSPS) is 20.0. The number of nitrogens with zero attached hydrogens (tertiary/aromatic N) is 1. The fourth-order valence-electron chi connectivity index (χ4n) is 2.20. The van der Waals surface area contributed by atoms with Crippen LogP contribution in [-0.2, 0) is 9.53 Å². The van der Waals surface area contributed by atoms with Gasteiger partial charge in [-0.05, 0) is 44.3 Å². The minimum absolute atomic E-state index is 0.00610. The maximum absolute atomic E-state index is 12.7. The quantitative estimate of drug-likeness (QED) is 0.719. The maximum Gasteiger partial charge on any atom is 0.270 e. The molecule has 0 spiro atoms. The van der Waals surface area contributed by atoms with Crippen molar-refractivity contribution in [2.45, 2.75) is 51.0 Å². The van der Waals surface area contributed by atoms with Crippen molar-refractivity contribution in [2.75, 3.05) is 5.32 Å². The number of carbonyl (C=O) groups is 1. The molecule has 0 fully saturated rings. The van der Waals surface area contributed by atoms with Crippen molar-refractivity contribution in [1.29, 1.82) is 0 Å². The van der Waals surface area contributed by atoms with Gasteiger partial charge in [-0.1, -0.05) is 19.9 Å². The van der Waals surface area contributed by atoms with Crippen LogP contribution in [-0.4, -0.2) is 21.9 Å². The van der Waals surface area contributed by atoms with Gasteiger partial charge in [0.2, 0.25) is 0 Å². The summed E-state index contributed by atoms with van der Waals surface area (Å²) in [5.74, 6) is 1.02. The van der Waals surface area contributed by atoms with Crippen LogP contribution < -0.4 is 5.32 Å². The van der Waals surface area contributed by atoms with E-state index in [2.05, 4.69) is 24.1 Å². The van der Waals surface area contributed by atoms with Crippen LogP contribution in [0.15, 0.2) is 35.6 Å². The monoisotopic (exact) mass is 354 g/mol. The van der Waals surface area contributed by atoms with Gasteiger partial charge >= 0.3 is 0 Å². The number of ether oxygens (including phenoxy) is 1. The summed E-state index contributed by atoms with van der Waals surface area (Å²) in [5, 5.41) is 5.26. The molecule has 23 heavy (non-hydrogen) atoms. The molecule has 1 heterocycles. The van der Waals surface area contributed by atoms with Crippen LogP contribution in [0.1, 0.15) is 40.0 Å². The highest BCUT2D eigenvalue weighted by Gasteiger charge is 2.36. The minimum Gasteiger partial charge on any atom is -0.478 e. The van der Waals surface area contributed by atoms with Crippen molar-refractivity contribution >= 4 is 34.0 Å². The Morgan fingerprint density at radius 3 is 2.96 bits per heavy atom. The van der Waals surface area contributed by atoms with Gasteiger partial charge in [-0.2, -0.15) is 0 Å². The molecule has 0 aromatic carbocycles. The number of alkyl halides is 1. The van der Waals surface area contributed by atoms with E-state index < -0.39 is 5.60 Å². The van der Waals surface area contributed by atoms with E-state index in [4.69, 9.17) is 16.3 Å². The van der Waals surface area contributed by atoms with Crippen LogP contribution in [0.2, 0.25) is 0 Å². The molecule has 0 radical (unpaired) electrons. The summed E-state index contributed by atoms with van der Waals surface area (Å²) in [5.41, 5.74) is -0.939. The molecule has 1 N–H and O–H groups in total. The third-order valence-electron chi connectivity index (χ3n) is 3.69. The van der Waals surface area contributed by atoms with Gasteiger partial charge in [-0.3, -0.25) is 10.1 Å². The lowest BCUT2D eigenvalue weighted by Crippen LogP contribution is -2.43. The van der Waals surface area contributed by atoms with E-state index in [1.54, 1.807) is 6.20 Å². The molecule has 1 aliphatic carbocycles. The second kappa shape index (κ2) is 7.97. The number of anilines is 1. The van der Waals surface area contributed by atoms with Gasteiger partial charge in [0.1, 0.15) is 5.76 Å². The first-order valence-corrected chi connectivity index (χ1v) is 9.13. The van der Waals surface area contributed by atoms with Crippen LogP contribution in [0.25, 0.3) is 0 Å². The number of rotatable bonds is 7. The molecular formula is C17H23ClN2O2S. The van der Waals surface area contributed by atoms with Crippen LogP contribution in [0.4, 0.5) is 5.13 Å². The Morgan fingerprint density at radius 1 is 1.61 bits per heavy atom. The Hall–Kier alpha value is -1.33. The molecule has 0 aliphatic heterocycles. The zero-order chi connectivity index (χ0) is 16.9. The molecule has 2 rings (SSSR count). The maximum atomic E-state index is 12.7. The van der Waals surface area contributed by atoms with E-state index in [9.17, 15) is 4.79 Å².